The number of hydrogen-bond donors (Lipinski definition) is 3. The number of fused-ring (bicyclic) bond motifs is 1. The van der Waals surface area contributed by atoms with Gasteiger partial charge in [0, 0.05) is 23.5 Å². The summed E-state index contributed by atoms with van der Waals surface area (Å²) in [5.41, 5.74) is 3.57. The smallest absolute Gasteiger partial charge is 0.255 e. The number of phenols is 1. The van der Waals surface area contributed by atoms with Gasteiger partial charge in [-0.05, 0) is 48.4 Å². The van der Waals surface area contributed by atoms with Crippen molar-refractivity contribution in [2.45, 2.75) is 6.42 Å². The van der Waals surface area contributed by atoms with E-state index in [1.165, 1.54) is 17.7 Å². The average molecular weight is 254 g/mol. The minimum Gasteiger partial charge on any atom is -0.508 e. The fourth-order valence-corrected chi connectivity index (χ4v) is 2.23. The van der Waals surface area contributed by atoms with E-state index in [0.29, 0.717) is 5.56 Å². The lowest BCUT2D eigenvalue weighted by atomic mass is 10.1. The number of aromatic hydroxyl groups is 1. The summed E-state index contributed by atoms with van der Waals surface area (Å²) < 4.78 is 0. The molecule has 0 unspecified atom stereocenters. The quantitative estimate of drug-likeness (QED) is 0.772. The van der Waals surface area contributed by atoms with Gasteiger partial charge in [-0.15, -0.1) is 0 Å². The summed E-state index contributed by atoms with van der Waals surface area (Å²) >= 11 is 0. The first-order valence-corrected chi connectivity index (χ1v) is 6.19. The number of rotatable bonds is 2. The van der Waals surface area contributed by atoms with E-state index in [1.54, 1.807) is 12.1 Å². The molecule has 1 amide bonds. The van der Waals surface area contributed by atoms with Crippen LogP contribution in [0.2, 0.25) is 0 Å². The van der Waals surface area contributed by atoms with Gasteiger partial charge in [0.1, 0.15) is 5.75 Å². The molecule has 0 fully saturated rings. The number of carbonyl (C=O) groups is 1. The predicted molar refractivity (Wildman–Crippen MR) is 74.7 cm³/mol. The second-order valence-electron chi connectivity index (χ2n) is 4.55. The number of benzene rings is 2. The lowest BCUT2D eigenvalue weighted by Crippen LogP contribution is -2.11. The molecule has 0 atom stereocenters. The molecule has 2 aromatic rings. The number of nitrogens with one attached hydrogen (secondary N) is 2. The van der Waals surface area contributed by atoms with Crippen LogP contribution in [0, 0.1) is 0 Å². The highest BCUT2D eigenvalue weighted by Gasteiger charge is 2.12. The first-order valence-electron chi connectivity index (χ1n) is 6.19. The van der Waals surface area contributed by atoms with E-state index in [-0.39, 0.29) is 11.7 Å². The summed E-state index contributed by atoms with van der Waals surface area (Å²) in [4.78, 5) is 12.0. The molecule has 0 saturated heterocycles. The van der Waals surface area contributed by atoms with Crippen LogP contribution in [-0.4, -0.2) is 17.6 Å². The zero-order valence-corrected chi connectivity index (χ0v) is 10.3. The molecule has 1 aliphatic rings. The van der Waals surface area contributed by atoms with Crippen molar-refractivity contribution in [3.63, 3.8) is 0 Å². The molecular formula is C15H14N2O2. The molecular weight excluding hydrogens is 240 g/mol. The van der Waals surface area contributed by atoms with Crippen LogP contribution in [0.1, 0.15) is 15.9 Å². The highest BCUT2D eigenvalue weighted by Crippen LogP contribution is 2.25. The van der Waals surface area contributed by atoms with E-state index in [4.69, 9.17) is 0 Å². The minimum absolute atomic E-state index is 0.0887. The van der Waals surface area contributed by atoms with Crippen molar-refractivity contribution < 1.29 is 9.90 Å². The fraction of sp³-hybridized carbons (Fsp3) is 0.133. The molecule has 3 N–H and O–H groups in total. The third kappa shape index (κ3) is 2.38. The lowest BCUT2D eigenvalue weighted by Gasteiger charge is -2.07. The molecule has 0 aliphatic carbocycles. The Hall–Kier alpha value is -2.49. The second-order valence-corrected chi connectivity index (χ2v) is 4.55. The summed E-state index contributed by atoms with van der Waals surface area (Å²) in [6, 6.07) is 12.1. The molecule has 0 saturated carbocycles. The van der Waals surface area contributed by atoms with Crippen LogP contribution in [0.4, 0.5) is 11.4 Å². The van der Waals surface area contributed by atoms with Gasteiger partial charge in [0.05, 0.1) is 0 Å². The van der Waals surface area contributed by atoms with Crippen LogP contribution < -0.4 is 10.6 Å². The molecule has 0 radical (unpaired) electrons. The Labute approximate surface area is 111 Å². The van der Waals surface area contributed by atoms with Crippen LogP contribution in [0.3, 0.4) is 0 Å². The summed E-state index contributed by atoms with van der Waals surface area (Å²) in [5.74, 6) is -0.132. The second kappa shape index (κ2) is 4.65. The Morgan fingerprint density at radius 2 is 2.11 bits per heavy atom. The molecule has 3 rings (SSSR count). The molecule has 1 heterocycles. The van der Waals surface area contributed by atoms with Crippen LogP contribution in [0.5, 0.6) is 5.75 Å². The van der Waals surface area contributed by atoms with Gasteiger partial charge in [-0.25, -0.2) is 0 Å². The molecule has 0 spiro atoms. The standard InChI is InChI=1S/C15H14N2O2/c18-13-3-1-2-11(9-13)15(19)17-12-4-5-14-10(8-12)6-7-16-14/h1-5,8-9,16,18H,6-7H2,(H,17,19). The maximum atomic E-state index is 12.0. The van der Waals surface area contributed by atoms with Crippen molar-refractivity contribution in [2.75, 3.05) is 17.2 Å². The molecule has 19 heavy (non-hydrogen) atoms. The number of hydrogen-bond acceptors (Lipinski definition) is 3. The van der Waals surface area contributed by atoms with Gasteiger partial charge in [0.15, 0.2) is 0 Å². The Bertz CT molecular complexity index is 638. The van der Waals surface area contributed by atoms with Crippen LogP contribution in [-0.2, 0) is 6.42 Å². The van der Waals surface area contributed by atoms with Crippen molar-refractivity contribution in [2.24, 2.45) is 0 Å². The Morgan fingerprint density at radius 1 is 1.21 bits per heavy atom. The zero-order valence-electron chi connectivity index (χ0n) is 10.3. The van der Waals surface area contributed by atoms with Gasteiger partial charge in [0.25, 0.3) is 5.91 Å². The van der Waals surface area contributed by atoms with Crippen molar-refractivity contribution in [1.82, 2.24) is 0 Å². The van der Waals surface area contributed by atoms with Gasteiger partial charge in [-0.3, -0.25) is 4.79 Å². The lowest BCUT2D eigenvalue weighted by molar-refractivity contribution is 0.102. The summed E-state index contributed by atoms with van der Waals surface area (Å²) in [7, 11) is 0. The molecule has 4 heteroatoms. The van der Waals surface area contributed by atoms with Gasteiger partial charge >= 0.3 is 0 Å². The van der Waals surface area contributed by atoms with Gasteiger partial charge in [-0.1, -0.05) is 6.07 Å². The third-order valence-electron chi connectivity index (χ3n) is 3.18. The Balaban J connectivity index is 1.80. The Morgan fingerprint density at radius 3 is 2.95 bits per heavy atom. The zero-order chi connectivity index (χ0) is 13.2. The molecule has 0 bridgehead atoms. The van der Waals surface area contributed by atoms with Crippen molar-refractivity contribution in [1.29, 1.82) is 0 Å². The molecule has 4 nitrogen and oxygen atoms in total. The Kier molecular flexibility index (Phi) is 2.83. The topological polar surface area (TPSA) is 61.4 Å². The summed E-state index contributed by atoms with van der Waals surface area (Å²) in [5, 5.41) is 15.5. The number of carbonyl (C=O) groups excluding carboxylic acids is 1. The molecule has 0 aromatic heterocycles. The number of phenolic OH excluding ortho intramolecular Hbond substituents is 1. The first kappa shape index (κ1) is 11.6. The van der Waals surface area contributed by atoms with Gasteiger partial charge in [-0.2, -0.15) is 0 Å². The number of amides is 1. The third-order valence-corrected chi connectivity index (χ3v) is 3.18. The highest BCUT2D eigenvalue weighted by atomic mass is 16.3. The van der Waals surface area contributed by atoms with Crippen molar-refractivity contribution >= 4 is 17.3 Å². The number of anilines is 2. The maximum Gasteiger partial charge on any atom is 0.255 e. The highest BCUT2D eigenvalue weighted by molar-refractivity contribution is 6.04. The maximum absolute atomic E-state index is 12.0. The normalized spacial score (nSPS) is 12.6. The molecule has 96 valence electrons. The van der Waals surface area contributed by atoms with E-state index in [9.17, 15) is 9.90 Å². The van der Waals surface area contributed by atoms with Crippen molar-refractivity contribution in [3.8, 4) is 5.75 Å². The summed E-state index contributed by atoms with van der Waals surface area (Å²) in [6.45, 7) is 0.944. The average Bonchev–Trinajstić information content (AvgIpc) is 2.86. The van der Waals surface area contributed by atoms with Crippen molar-refractivity contribution in [3.05, 3.63) is 53.6 Å². The van der Waals surface area contributed by atoms with E-state index >= 15 is 0 Å². The predicted octanol–water partition coefficient (Wildman–Crippen LogP) is 2.61. The largest absolute Gasteiger partial charge is 0.508 e. The van der Waals surface area contributed by atoms with E-state index in [1.807, 2.05) is 18.2 Å². The van der Waals surface area contributed by atoms with Crippen LogP contribution >= 0.6 is 0 Å². The fourth-order valence-electron chi connectivity index (χ4n) is 2.23. The summed E-state index contributed by atoms with van der Waals surface area (Å²) in [6.07, 6.45) is 0.977. The van der Waals surface area contributed by atoms with Crippen LogP contribution in [0.25, 0.3) is 0 Å². The monoisotopic (exact) mass is 254 g/mol. The van der Waals surface area contributed by atoms with Gasteiger partial charge < -0.3 is 15.7 Å². The molecule has 1 aliphatic heterocycles. The van der Waals surface area contributed by atoms with E-state index < -0.39 is 0 Å². The van der Waals surface area contributed by atoms with Crippen LogP contribution in [0.15, 0.2) is 42.5 Å². The molecule has 2 aromatic carbocycles. The first-order chi connectivity index (χ1) is 9.22. The SMILES string of the molecule is O=C(Nc1ccc2c(c1)CCN2)c1cccc(O)c1. The van der Waals surface area contributed by atoms with E-state index in [0.717, 1.165) is 24.3 Å². The van der Waals surface area contributed by atoms with Gasteiger partial charge in [0.2, 0.25) is 0 Å². The van der Waals surface area contributed by atoms with E-state index in [2.05, 4.69) is 10.6 Å². The minimum atomic E-state index is -0.221.